The quantitative estimate of drug-likeness (QED) is 0.189. The molecule has 0 radical (unpaired) electrons. The SMILES string of the molecule is CCOC(=O)/C=C/c1c(OCOCC[Si](C)(C)C)ccc(Cl)c1Cl. The maximum atomic E-state index is 11.5. The second kappa shape index (κ2) is 10.1. The van der Waals surface area contributed by atoms with Crippen molar-refractivity contribution < 1.29 is 19.0 Å². The second-order valence-corrected chi connectivity index (χ2v) is 12.7. The average Bonchev–Trinajstić information content (AvgIpc) is 2.49. The summed E-state index contributed by atoms with van der Waals surface area (Å²) in [5.74, 6) is 0.0452. The first-order chi connectivity index (χ1) is 11.2. The molecule has 4 nitrogen and oxygen atoms in total. The third-order valence-corrected chi connectivity index (χ3v) is 5.58. The summed E-state index contributed by atoms with van der Waals surface area (Å²) in [6, 6.07) is 4.40. The Labute approximate surface area is 154 Å². The van der Waals surface area contributed by atoms with Crippen LogP contribution in [0, 0.1) is 0 Å². The molecule has 0 bridgehead atoms. The van der Waals surface area contributed by atoms with Gasteiger partial charge in [-0.15, -0.1) is 0 Å². The van der Waals surface area contributed by atoms with Crippen molar-refractivity contribution in [3.8, 4) is 5.75 Å². The van der Waals surface area contributed by atoms with Crippen LogP contribution >= 0.6 is 23.2 Å². The number of ether oxygens (including phenoxy) is 3. The van der Waals surface area contributed by atoms with E-state index in [-0.39, 0.29) is 6.79 Å². The van der Waals surface area contributed by atoms with E-state index in [9.17, 15) is 4.79 Å². The van der Waals surface area contributed by atoms with Gasteiger partial charge in [0.25, 0.3) is 0 Å². The molecule has 0 aliphatic carbocycles. The number of esters is 1. The van der Waals surface area contributed by atoms with E-state index in [1.807, 2.05) is 0 Å². The number of halogens is 2. The first-order valence-corrected chi connectivity index (χ1v) is 12.2. The smallest absolute Gasteiger partial charge is 0.330 e. The third kappa shape index (κ3) is 7.70. The van der Waals surface area contributed by atoms with Gasteiger partial charge in [0.2, 0.25) is 0 Å². The molecule has 0 spiro atoms. The first-order valence-electron chi connectivity index (χ1n) is 7.78. The van der Waals surface area contributed by atoms with Crippen LogP contribution < -0.4 is 4.74 Å². The summed E-state index contributed by atoms with van der Waals surface area (Å²) in [5, 5.41) is 0.698. The van der Waals surface area contributed by atoms with Crippen LogP contribution in [-0.4, -0.2) is 34.0 Å². The lowest BCUT2D eigenvalue weighted by Crippen LogP contribution is -2.22. The molecule has 1 rings (SSSR count). The molecule has 0 atom stereocenters. The highest BCUT2D eigenvalue weighted by atomic mass is 35.5. The van der Waals surface area contributed by atoms with Gasteiger partial charge in [-0.1, -0.05) is 42.8 Å². The Hall–Kier alpha value is -1.01. The largest absolute Gasteiger partial charge is 0.467 e. The molecule has 1 aromatic rings. The van der Waals surface area contributed by atoms with E-state index in [0.29, 0.717) is 34.6 Å². The van der Waals surface area contributed by atoms with Gasteiger partial charge in [0.15, 0.2) is 6.79 Å². The number of hydrogen-bond acceptors (Lipinski definition) is 4. The minimum Gasteiger partial charge on any atom is -0.467 e. The van der Waals surface area contributed by atoms with E-state index in [4.69, 9.17) is 37.4 Å². The maximum absolute atomic E-state index is 11.5. The van der Waals surface area contributed by atoms with Crippen molar-refractivity contribution >= 4 is 43.3 Å². The van der Waals surface area contributed by atoms with Gasteiger partial charge in [-0.25, -0.2) is 4.79 Å². The molecule has 0 saturated carbocycles. The monoisotopic (exact) mass is 390 g/mol. The Balaban J connectivity index is 2.73. The Kier molecular flexibility index (Phi) is 8.84. The van der Waals surface area contributed by atoms with E-state index in [0.717, 1.165) is 6.04 Å². The van der Waals surface area contributed by atoms with Crippen molar-refractivity contribution in [2.45, 2.75) is 32.6 Å². The number of carbonyl (C=O) groups excluding carboxylic acids is 1. The maximum Gasteiger partial charge on any atom is 0.330 e. The van der Waals surface area contributed by atoms with E-state index in [1.54, 1.807) is 19.1 Å². The highest BCUT2D eigenvalue weighted by Gasteiger charge is 2.13. The zero-order valence-electron chi connectivity index (χ0n) is 14.5. The fourth-order valence-electron chi connectivity index (χ4n) is 1.71. The molecule has 1 aromatic carbocycles. The lowest BCUT2D eigenvalue weighted by atomic mass is 10.2. The third-order valence-electron chi connectivity index (χ3n) is 3.06. The van der Waals surface area contributed by atoms with Gasteiger partial charge in [-0.05, 0) is 31.2 Å². The minimum atomic E-state index is -1.13. The summed E-state index contributed by atoms with van der Waals surface area (Å²) in [6.45, 7) is 9.68. The lowest BCUT2D eigenvalue weighted by molar-refractivity contribution is -0.137. The van der Waals surface area contributed by atoms with Crippen LogP contribution in [0.4, 0.5) is 0 Å². The normalized spacial score (nSPS) is 11.8. The summed E-state index contributed by atoms with van der Waals surface area (Å²) in [5.41, 5.74) is 0.519. The van der Waals surface area contributed by atoms with Crippen LogP contribution in [-0.2, 0) is 14.3 Å². The Morgan fingerprint density at radius 3 is 2.58 bits per heavy atom. The van der Waals surface area contributed by atoms with Gasteiger partial charge >= 0.3 is 5.97 Å². The standard InChI is InChI=1S/C17H24Cl2O4Si/c1-5-22-16(20)9-6-13-15(8-7-14(18)17(13)19)23-12-21-10-11-24(2,3)4/h6-9H,5,10-12H2,1-4H3/b9-6+. The molecular formula is C17H24Cl2O4Si. The molecule has 134 valence electrons. The van der Waals surface area contributed by atoms with Crippen molar-refractivity contribution in [2.75, 3.05) is 20.0 Å². The fraction of sp³-hybridized carbons (Fsp3) is 0.471. The molecule has 0 amide bonds. The molecule has 24 heavy (non-hydrogen) atoms. The van der Waals surface area contributed by atoms with Gasteiger partial charge in [-0.3, -0.25) is 0 Å². The van der Waals surface area contributed by atoms with Crippen molar-refractivity contribution in [3.05, 3.63) is 33.8 Å². The molecule has 7 heteroatoms. The minimum absolute atomic E-state index is 0.114. The number of hydrogen-bond donors (Lipinski definition) is 0. The molecular weight excluding hydrogens is 367 g/mol. The summed E-state index contributed by atoms with van der Waals surface area (Å²) in [4.78, 5) is 11.5. The Morgan fingerprint density at radius 2 is 1.96 bits per heavy atom. The van der Waals surface area contributed by atoms with Crippen molar-refractivity contribution in [2.24, 2.45) is 0 Å². The zero-order chi connectivity index (χ0) is 18.2. The molecule has 0 aromatic heterocycles. The fourth-order valence-corrected chi connectivity index (χ4v) is 2.85. The zero-order valence-corrected chi connectivity index (χ0v) is 17.0. The van der Waals surface area contributed by atoms with Crippen LogP contribution in [0.25, 0.3) is 6.08 Å². The van der Waals surface area contributed by atoms with Crippen LogP contribution in [0.3, 0.4) is 0 Å². The summed E-state index contributed by atoms with van der Waals surface area (Å²) < 4.78 is 16.0. The predicted molar refractivity (Wildman–Crippen MR) is 102 cm³/mol. The number of rotatable bonds is 9. The molecule has 0 N–H and O–H groups in total. The summed E-state index contributed by atoms with van der Waals surface area (Å²) in [7, 11) is -1.13. The molecule has 0 aliphatic heterocycles. The van der Waals surface area contributed by atoms with E-state index in [2.05, 4.69) is 19.6 Å². The highest BCUT2D eigenvalue weighted by Crippen LogP contribution is 2.34. The topological polar surface area (TPSA) is 44.8 Å². The molecule has 0 unspecified atom stereocenters. The van der Waals surface area contributed by atoms with Gasteiger partial charge in [0.1, 0.15) is 5.75 Å². The number of benzene rings is 1. The Bertz CT molecular complexity index is 583. The van der Waals surface area contributed by atoms with Crippen molar-refractivity contribution in [1.29, 1.82) is 0 Å². The van der Waals surface area contributed by atoms with Crippen LogP contribution in [0.15, 0.2) is 18.2 Å². The summed E-state index contributed by atoms with van der Waals surface area (Å²) >= 11 is 12.2. The van der Waals surface area contributed by atoms with E-state index < -0.39 is 14.0 Å². The Morgan fingerprint density at radius 1 is 1.25 bits per heavy atom. The molecule has 0 fully saturated rings. The average molecular weight is 391 g/mol. The molecule has 0 aliphatic rings. The first kappa shape index (κ1) is 21.0. The second-order valence-electron chi connectivity index (χ2n) is 6.34. The van der Waals surface area contributed by atoms with Crippen LogP contribution in [0.2, 0.25) is 35.7 Å². The number of carbonyl (C=O) groups is 1. The summed E-state index contributed by atoms with van der Waals surface area (Å²) in [6.07, 6.45) is 2.82. The highest BCUT2D eigenvalue weighted by molar-refractivity contribution is 6.76. The lowest BCUT2D eigenvalue weighted by Gasteiger charge is -2.16. The van der Waals surface area contributed by atoms with Crippen molar-refractivity contribution in [3.63, 3.8) is 0 Å². The van der Waals surface area contributed by atoms with E-state index in [1.165, 1.54) is 12.2 Å². The molecule has 0 saturated heterocycles. The van der Waals surface area contributed by atoms with Gasteiger partial charge in [0.05, 0.1) is 16.7 Å². The van der Waals surface area contributed by atoms with Gasteiger partial charge < -0.3 is 14.2 Å². The van der Waals surface area contributed by atoms with Crippen LogP contribution in [0.5, 0.6) is 5.75 Å². The van der Waals surface area contributed by atoms with Gasteiger partial charge in [0, 0.05) is 26.3 Å². The van der Waals surface area contributed by atoms with Gasteiger partial charge in [-0.2, -0.15) is 0 Å². The van der Waals surface area contributed by atoms with Crippen molar-refractivity contribution in [1.82, 2.24) is 0 Å². The van der Waals surface area contributed by atoms with Crippen LogP contribution in [0.1, 0.15) is 12.5 Å². The van der Waals surface area contributed by atoms with E-state index >= 15 is 0 Å². The molecule has 0 heterocycles. The predicted octanol–water partition coefficient (Wildman–Crippen LogP) is 5.26.